The van der Waals surface area contributed by atoms with Gasteiger partial charge in [-0.2, -0.15) is 0 Å². The molecule has 8 heteroatoms. The van der Waals surface area contributed by atoms with Crippen molar-refractivity contribution in [3.63, 3.8) is 0 Å². The maximum Gasteiger partial charge on any atom is 0.287 e. The Hall–Kier alpha value is -2.22. The molecule has 1 amide bonds. The van der Waals surface area contributed by atoms with E-state index in [0.29, 0.717) is 16.7 Å². The molecule has 2 rings (SSSR count). The Morgan fingerprint density at radius 1 is 1.48 bits per heavy atom. The minimum Gasteiger partial charge on any atom is -0.337 e. The molecular formula is C13H11BrFN3O3. The normalized spacial score (nSPS) is 10.4. The van der Waals surface area contributed by atoms with Gasteiger partial charge < -0.3 is 9.88 Å². The van der Waals surface area contributed by atoms with E-state index in [4.69, 9.17) is 0 Å². The molecule has 110 valence electrons. The number of nitro groups is 1. The van der Waals surface area contributed by atoms with Crippen molar-refractivity contribution in [2.45, 2.75) is 13.5 Å². The van der Waals surface area contributed by atoms with Gasteiger partial charge in [0.2, 0.25) is 0 Å². The van der Waals surface area contributed by atoms with Gasteiger partial charge in [-0.05, 0) is 41.1 Å². The number of benzene rings is 1. The zero-order valence-corrected chi connectivity index (χ0v) is 12.6. The van der Waals surface area contributed by atoms with Gasteiger partial charge in [0.15, 0.2) is 0 Å². The summed E-state index contributed by atoms with van der Waals surface area (Å²) in [4.78, 5) is 22.4. The molecule has 6 nitrogen and oxygen atoms in total. The first kappa shape index (κ1) is 15.2. The van der Waals surface area contributed by atoms with Gasteiger partial charge in [-0.25, -0.2) is 4.39 Å². The van der Waals surface area contributed by atoms with Gasteiger partial charge in [0.25, 0.3) is 11.6 Å². The summed E-state index contributed by atoms with van der Waals surface area (Å²) >= 11 is 3.14. The van der Waals surface area contributed by atoms with E-state index in [9.17, 15) is 19.3 Å². The third-order valence-corrected chi connectivity index (χ3v) is 3.50. The van der Waals surface area contributed by atoms with Gasteiger partial charge in [0.1, 0.15) is 11.5 Å². The number of nitrogens with zero attached hydrogens (tertiary/aromatic N) is 2. The summed E-state index contributed by atoms with van der Waals surface area (Å²) in [6, 6.07) is 5.04. The zero-order chi connectivity index (χ0) is 15.6. The number of halogens is 2. The van der Waals surface area contributed by atoms with E-state index in [1.165, 1.54) is 35.0 Å². The van der Waals surface area contributed by atoms with Crippen LogP contribution in [0.1, 0.15) is 17.4 Å². The number of rotatable bonds is 4. The first-order chi connectivity index (χ1) is 9.92. The van der Waals surface area contributed by atoms with E-state index in [0.717, 1.165) is 0 Å². The number of anilines is 1. The SMILES string of the molecule is CCn1cc([N+](=O)[O-])cc1C(=O)Nc1ccc(F)cc1Br. The Labute approximate surface area is 127 Å². The molecule has 0 spiro atoms. The highest BCUT2D eigenvalue weighted by atomic mass is 79.9. The summed E-state index contributed by atoms with van der Waals surface area (Å²) in [5, 5.41) is 13.4. The predicted octanol–water partition coefficient (Wildman–Crippen LogP) is 3.57. The first-order valence-corrected chi connectivity index (χ1v) is 6.82. The third-order valence-electron chi connectivity index (χ3n) is 2.85. The standard InChI is InChI=1S/C13H11BrFN3O3/c1-2-17-7-9(18(20)21)6-12(17)13(19)16-11-4-3-8(15)5-10(11)14/h3-7H,2H2,1H3,(H,16,19). The minimum atomic E-state index is -0.559. The molecule has 1 aromatic carbocycles. The second kappa shape index (κ2) is 6.04. The average molecular weight is 356 g/mol. The van der Waals surface area contributed by atoms with Gasteiger partial charge in [-0.15, -0.1) is 0 Å². The number of carbonyl (C=O) groups is 1. The topological polar surface area (TPSA) is 77.2 Å². The lowest BCUT2D eigenvalue weighted by molar-refractivity contribution is -0.384. The van der Waals surface area contributed by atoms with Crippen molar-refractivity contribution in [1.82, 2.24) is 4.57 Å². The van der Waals surface area contributed by atoms with Crippen LogP contribution in [0.4, 0.5) is 15.8 Å². The number of aromatic nitrogens is 1. The largest absolute Gasteiger partial charge is 0.337 e. The van der Waals surface area contributed by atoms with Crippen LogP contribution >= 0.6 is 15.9 Å². The van der Waals surface area contributed by atoms with Crippen molar-refractivity contribution in [3.8, 4) is 0 Å². The lowest BCUT2D eigenvalue weighted by Gasteiger charge is -2.08. The second-order valence-electron chi connectivity index (χ2n) is 4.20. The number of carbonyl (C=O) groups excluding carboxylic acids is 1. The highest BCUT2D eigenvalue weighted by Crippen LogP contribution is 2.24. The first-order valence-electron chi connectivity index (χ1n) is 6.03. The predicted molar refractivity (Wildman–Crippen MR) is 78.8 cm³/mol. The van der Waals surface area contributed by atoms with Crippen molar-refractivity contribution >= 4 is 33.2 Å². The van der Waals surface area contributed by atoms with Crippen LogP contribution < -0.4 is 5.32 Å². The Morgan fingerprint density at radius 2 is 2.19 bits per heavy atom. The Bertz CT molecular complexity index is 715. The van der Waals surface area contributed by atoms with E-state index in [-0.39, 0.29) is 11.4 Å². The highest BCUT2D eigenvalue weighted by molar-refractivity contribution is 9.10. The van der Waals surface area contributed by atoms with E-state index in [2.05, 4.69) is 21.2 Å². The van der Waals surface area contributed by atoms with Gasteiger partial charge in [0.05, 0.1) is 16.8 Å². The quantitative estimate of drug-likeness (QED) is 0.672. The number of hydrogen-bond acceptors (Lipinski definition) is 3. The highest BCUT2D eigenvalue weighted by Gasteiger charge is 2.19. The molecule has 1 aromatic heterocycles. The molecule has 0 saturated heterocycles. The summed E-state index contributed by atoms with van der Waals surface area (Å²) in [6.07, 6.45) is 1.30. The molecular weight excluding hydrogens is 345 g/mol. The van der Waals surface area contributed by atoms with Crippen molar-refractivity contribution < 1.29 is 14.1 Å². The molecule has 0 fully saturated rings. The van der Waals surface area contributed by atoms with Crippen molar-refractivity contribution in [2.75, 3.05) is 5.32 Å². The van der Waals surface area contributed by atoms with Crippen LogP contribution in [0, 0.1) is 15.9 Å². The summed E-state index contributed by atoms with van der Waals surface area (Å²) in [7, 11) is 0. The van der Waals surface area contributed by atoms with Crippen LogP contribution in [0.5, 0.6) is 0 Å². The van der Waals surface area contributed by atoms with Crippen LogP contribution in [0.25, 0.3) is 0 Å². The Balaban J connectivity index is 2.29. The molecule has 0 unspecified atom stereocenters. The Morgan fingerprint density at radius 3 is 2.76 bits per heavy atom. The zero-order valence-electron chi connectivity index (χ0n) is 11.0. The van der Waals surface area contributed by atoms with Crippen molar-refractivity contribution in [2.24, 2.45) is 0 Å². The van der Waals surface area contributed by atoms with E-state index < -0.39 is 16.6 Å². The number of amides is 1. The number of aryl methyl sites for hydroxylation is 1. The molecule has 1 N–H and O–H groups in total. The van der Waals surface area contributed by atoms with Gasteiger partial charge in [-0.3, -0.25) is 14.9 Å². The summed E-state index contributed by atoms with van der Waals surface area (Å²) in [5.41, 5.74) is 0.397. The summed E-state index contributed by atoms with van der Waals surface area (Å²) in [5.74, 6) is -0.940. The average Bonchev–Trinajstić information content (AvgIpc) is 2.86. The maximum absolute atomic E-state index is 13.0. The third kappa shape index (κ3) is 3.27. The fourth-order valence-corrected chi connectivity index (χ4v) is 2.27. The van der Waals surface area contributed by atoms with Crippen LogP contribution in [0.2, 0.25) is 0 Å². The van der Waals surface area contributed by atoms with Crippen molar-refractivity contribution in [1.29, 1.82) is 0 Å². The molecule has 0 atom stereocenters. The molecule has 0 bridgehead atoms. The lowest BCUT2D eigenvalue weighted by Crippen LogP contribution is -2.16. The Kier molecular flexibility index (Phi) is 4.37. The van der Waals surface area contributed by atoms with E-state index in [1.807, 2.05) is 0 Å². The van der Waals surface area contributed by atoms with Crippen LogP contribution in [-0.2, 0) is 6.54 Å². The minimum absolute atomic E-state index is 0.153. The maximum atomic E-state index is 13.0. The van der Waals surface area contributed by atoms with Gasteiger partial charge in [0, 0.05) is 17.1 Å². The fourth-order valence-electron chi connectivity index (χ4n) is 1.82. The fraction of sp³-hybridized carbons (Fsp3) is 0.154. The smallest absolute Gasteiger partial charge is 0.287 e. The lowest BCUT2D eigenvalue weighted by atomic mass is 10.3. The second-order valence-corrected chi connectivity index (χ2v) is 5.06. The summed E-state index contributed by atoms with van der Waals surface area (Å²) in [6.45, 7) is 2.19. The molecule has 2 aromatic rings. The van der Waals surface area contributed by atoms with E-state index >= 15 is 0 Å². The molecule has 0 aliphatic heterocycles. The van der Waals surface area contributed by atoms with Crippen LogP contribution in [-0.4, -0.2) is 15.4 Å². The number of nitrogens with one attached hydrogen (secondary N) is 1. The molecule has 0 aliphatic rings. The molecule has 0 saturated carbocycles. The van der Waals surface area contributed by atoms with E-state index in [1.54, 1.807) is 6.92 Å². The molecule has 21 heavy (non-hydrogen) atoms. The van der Waals surface area contributed by atoms with Gasteiger partial charge in [-0.1, -0.05) is 0 Å². The van der Waals surface area contributed by atoms with Crippen LogP contribution in [0.3, 0.4) is 0 Å². The monoisotopic (exact) mass is 355 g/mol. The molecule has 0 aliphatic carbocycles. The summed E-state index contributed by atoms with van der Waals surface area (Å²) < 4.78 is 14.9. The van der Waals surface area contributed by atoms with Crippen molar-refractivity contribution in [3.05, 3.63) is 56.6 Å². The molecule has 0 radical (unpaired) electrons. The van der Waals surface area contributed by atoms with Crippen LogP contribution in [0.15, 0.2) is 34.9 Å². The van der Waals surface area contributed by atoms with Gasteiger partial charge >= 0.3 is 0 Å². The molecule has 1 heterocycles. The number of hydrogen-bond donors (Lipinski definition) is 1.